The zero-order valence-electron chi connectivity index (χ0n) is 19.4. The van der Waals surface area contributed by atoms with Gasteiger partial charge in [0.1, 0.15) is 0 Å². The van der Waals surface area contributed by atoms with Gasteiger partial charge in [0, 0.05) is 16.3 Å². The summed E-state index contributed by atoms with van der Waals surface area (Å²) in [6.07, 6.45) is 3.30. The summed E-state index contributed by atoms with van der Waals surface area (Å²) >= 11 is 14.3. The summed E-state index contributed by atoms with van der Waals surface area (Å²) in [7, 11) is 0. The van der Waals surface area contributed by atoms with Crippen molar-refractivity contribution < 1.29 is 4.79 Å². The first kappa shape index (κ1) is 25.3. The predicted molar refractivity (Wildman–Crippen MR) is 144 cm³/mol. The highest BCUT2D eigenvalue weighted by Gasteiger charge is 2.18. The number of thioether (sulfide) groups is 1. The van der Waals surface area contributed by atoms with E-state index in [2.05, 4.69) is 34.6 Å². The number of carbonyl (C=O) groups excluding carboxylic acids is 1. The summed E-state index contributed by atoms with van der Waals surface area (Å²) in [5.74, 6) is 1.11. The second kappa shape index (κ2) is 12.2. The lowest BCUT2D eigenvalue weighted by Crippen LogP contribution is -2.24. The van der Waals surface area contributed by atoms with Gasteiger partial charge in [0.2, 0.25) is 0 Å². The molecule has 0 bridgehead atoms. The summed E-state index contributed by atoms with van der Waals surface area (Å²) in [6.45, 7) is 2.36. The molecule has 1 amide bonds. The summed E-state index contributed by atoms with van der Waals surface area (Å²) in [4.78, 5) is 12.8. The molecule has 0 spiro atoms. The van der Waals surface area contributed by atoms with E-state index < -0.39 is 0 Å². The van der Waals surface area contributed by atoms with Gasteiger partial charge in [0.05, 0.1) is 17.3 Å². The van der Waals surface area contributed by atoms with Gasteiger partial charge >= 0.3 is 0 Å². The predicted octanol–water partition coefficient (Wildman–Crippen LogP) is 7.14. The molecule has 0 aliphatic heterocycles. The van der Waals surface area contributed by atoms with Gasteiger partial charge in [0.15, 0.2) is 11.0 Å². The van der Waals surface area contributed by atoms with Gasteiger partial charge < -0.3 is 5.32 Å². The van der Waals surface area contributed by atoms with Crippen LogP contribution in [0, 0.1) is 0 Å². The molecule has 1 aromatic heterocycles. The van der Waals surface area contributed by atoms with Crippen LogP contribution in [0.5, 0.6) is 0 Å². The molecule has 0 atom stereocenters. The average molecular weight is 526 g/mol. The van der Waals surface area contributed by atoms with E-state index in [-0.39, 0.29) is 12.5 Å². The van der Waals surface area contributed by atoms with E-state index in [1.807, 2.05) is 47.0 Å². The lowest BCUT2D eigenvalue weighted by molar-refractivity contribution is 0.0949. The fraction of sp³-hybridized carbons (Fsp3) is 0.222. The first-order chi connectivity index (χ1) is 17.0. The smallest absolute Gasteiger partial charge is 0.251 e. The number of rotatable bonds is 10. The maximum absolute atomic E-state index is 12.8. The number of amides is 1. The van der Waals surface area contributed by atoms with Crippen LogP contribution in [0.4, 0.5) is 0 Å². The molecular formula is C27H26Cl2N4OS. The Balaban J connectivity index is 1.54. The van der Waals surface area contributed by atoms with Crippen molar-refractivity contribution >= 4 is 40.9 Å². The Bertz CT molecular complexity index is 1280. The number of hydrogen-bond donors (Lipinski definition) is 1. The summed E-state index contributed by atoms with van der Waals surface area (Å²) in [6, 6.07) is 23.1. The number of aromatic nitrogens is 3. The van der Waals surface area contributed by atoms with Crippen LogP contribution in [0.1, 0.15) is 47.1 Å². The highest BCUT2D eigenvalue weighted by molar-refractivity contribution is 7.98. The molecule has 4 aromatic rings. The number of benzene rings is 3. The Morgan fingerprint density at radius 1 is 0.971 bits per heavy atom. The Hall–Kier alpha value is -2.80. The standard InChI is InChI=1S/C27H26Cl2N4OS/c1-2-3-7-19-10-12-21(13-11-19)26(34)30-17-25-31-32-27(35-18-20-8-5-4-6-9-20)33(25)24-16-22(28)14-15-23(24)29/h4-6,8-16H,2-3,7,17-18H2,1H3,(H,30,34). The van der Waals surface area contributed by atoms with Crippen molar-refractivity contribution in [3.05, 3.63) is 105 Å². The van der Waals surface area contributed by atoms with E-state index >= 15 is 0 Å². The molecule has 0 aliphatic carbocycles. The SMILES string of the molecule is CCCCc1ccc(C(=O)NCc2nnc(SCc3ccccc3)n2-c2cc(Cl)ccc2Cl)cc1. The van der Waals surface area contributed by atoms with Crippen LogP contribution < -0.4 is 5.32 Å². The largest absolute Gasteiger partial charge is 0.345 e. The van der Waals surface area contributed by atoms with Gasteiger partial charge in [0.25, 0.3) is 5.91 Å². The fourth-order valence-corrected chi connectivity index (χ4v) is 4.88. The van der Waals surface area contributed by atoms with Gasteiger partial charge in [-0.1, -0.05) is 90.8 Å². The minimum absolute atomic E-state index is 0.169. The van der Waals surface area contributed by atoms with Crippen LogP contribution >= 0.6 is 35.0 Å². The van der Waals surface area contributed by atoms with Crippen molar-refractivity contribution in [1.82, 2.24) is 20.1 Å². The van der Waals surface area contributed by atoms with Crippen LogP contribution in [-0.4, -0.2) is 20.7 Å². The topological polar surface area (TPSA) is 59.8 Å². The van der Waals surface area contributed by atoms with Crippen LogP contribution in [0.2, 0.25) is 10.0 Å². The third kappa shape index (κ3) is 6.66. The average Bonchev–Trinajstić information content (AvgIpc) is 3.29. The zero-order chi connectivity index (χ0) is 24.6. The van der Waals surface area contributed by atoms with Crippen LogP contribution in [0.15, 0.2) is 78.0 Å². The highest BCUT2D eigenvalue weighted by Crippen LogP contribution is 2.31. The van der Waals surface area contributed by atoms with Gasteiger partial charge in [-0.05, 0) is 54.3 Å². The van der Waals surface area contributed by atoms with E-state index in [9.17, 15) is 4.79 Å². The minimum Gasteiger partial charge on any atom is -0.345 e. The van der Waals surface area contributed by atoms with Crippen molar-refractivity contribution in [3.63, 3.8) is 0 Å². The van der Waals surface area contributed by atoms with Crippen molar-refractivity contribution in [2.75, 3.05) is 0 Å². The molecule has 1 heterocycles. The van der Waals surface area contributed by atoms with E-state index in [4.69, 9.17) is 23.2 Å². The van der Waals surface area contributed by atoms with Crippen LogP contribution in [-0.2, 0) is 18.7 Å². The van der Waals surface area contributed by atoms with Gasteiger partial charge in [-0.3, -0.25) is 9.36 Å². The molecular weight excluding hydrogens is 499 g/mol. The molecule has 0 saturated carbocycles. The number of nitrogens with one attached hydrogen (secondary N) is 1. The second-order valence-corrected chi connectivity index (χ2v) is 9.87. The van der Waals surface area contributed by atoms with Gasteiger partial charge in [-0.25, -0.2) is 0 Å². The Morgan fingerprint density at radius 2 is 1.74 bits per heavy atom. The monoisotopic (exact) mass is 524 g/mol. The fourth-order valence-electron chi connectivity index (χ4n) is 3.59. The van der Waals surface area contributed by atoms with Gasteiger partial charge in [-0.2, -0.15) is 0 Å². The first-order valence-electron chi connectivity index (χ1n) is 11.5. The quantitative estimate of drug-likeness (QED) is 0.224. The third-order valence-electron chi connectivity index (χ3n) is 5.50. The van der Waals surface area contributed by atoms with E-state index in [1.54, 1.807) is 30.0 Å². The number of unbranched alkanes of at least 4 members (excludes halogenated alkanes) is 1. The number of nitrogens with zero attached hydrogens (tertiary/aromatic N) is 3. The normalized spacial score (nSPS) is 10.9. The van der Waals surface area contributed by atoms with E-state index in [1.165, 1.54) is 11.1 Å². The second-order valence-electron chi connectivity index (χ2n) is 8.09. The van der Waals surface area contributed by atoms with Crippen LogP contribution in [0.3, 0.4) is 0 Å². The molecule has 8 heteroatoms. The molecule has 180 valence electrons. The third-order valence-corrected chi connectivity index (χ3v) is 7.06. The lowest BCUT2D eigenvalue weighted by atomic mass is 10.1. The molecule has 0 saturated heterocycles. The Labute approximate surface area is 219 Å². The Morgan fingerprint density at radius 3 is 2.49 bits per heavy atom. The summed E-state index contributed by atoms with van der Waals surface area (Å²) in [5.41, 5.74) is 3.68. The van der Waals surface area contributed by atoms with Gasteiger partial charge in [-0.15, -0.1) is 10.2 Å². The summed E-state index contributed by atoms with van der Waals surface area (Å²) < 4.78 is 1.86. The maximum atomic E-state index is 12.8. The molecule has 0 fully saturated rings. The summed E-state index contributed by atoms with van der Waals surface area (Å²) in [5, 5.41) is 13.5. The van der Waals surface area contributed by atoms with E-state index in [0.717, 1.165) is 19.3 Å². The molecule has 35 heavy (non-hydrogen) atoms. The van der Waals surface area contributed by atoms with Crippen molar-refractivity contribution in [3.8, 4) is 5.69 Å². The van der Waals surface area contributed by atoms with Crippen molar-refractivity contribution in [1.29, 1.82) is 0 Å². The molecule has 1 N–H and O–H groups in total. The molecule has 0 unspecified atom stereocenters. The minimum atomic E-state index is -0.169. The molecule has 3 aromatic carbocycles. The number of hydrogen-bond acceptors (Lipinski definition) is 4. The Kier molecular flexibility index (Phi) is 8.85. The zero-order valence-corrected chi connectivity index (χ0v) is 21.7. The van der Waals surface area contributed by atoms with Crippen molar-refractivity contribution in [2.45, 2.75) is 43.6 Å². The highest BCUT2D eigenvalue weighted by atomic mass is 35.5. The molecule has 0 aliphatic rings. The molecule has 0 radical (unpaired) electrons. The number of halogens is 2. The number of aryl methyl sites for hydroxylation is 1. The van der Waals surface area contributed by atoms with Crippen LogP contribution in [0.25, 0.3) is 5.69 Å². The van der Waals surface area contributed by atoms with Crippen molar-refractivity contribution in [2.24, 2.45) is 0 Å². The number of carbonyl (C=O) groups is 1. The maximum Gasteiger partial charge on any atom is 0.251 e. The molecule has 5 nitrogen and oxygen atoms in total. The lowest BCUT2D eigenvalue weighted by Gasteiger charge is -2.13. The molecule has 4 rings (SSSR count). The first-order valence-corrected chi connectivity index (χ1v) is 13.2. The van der Waals surface area contributed by atoms with E-state index in [0.29, 0.717) is 38.0 Å².